The van der Waals surface area contributed by atoms with Crippen molar-refractivity contribution in [3.05, 3.63) is 0 Å². The lowest BCUT2D eigenvalue weighted by atomic mass is 9.94. The number of esters is 1. The number of hydrogen-bond donors (Lipinski definition) is 1. The maximum Gasteiger partial charge on any atom is 0.310 e. The molecule has 1 amide bonds. The molecule has 1 saturated heterocycles. The molecule has 2 atom stereocenters. The van der Waals surface area contributed by atoms with Crippen molar-refractivity contribution in [2.24, 2.45) is 5.92 Å². The predicted molar refractivity (Wildman–Crippen MR) is 64.5 cm³/mol. The Morgan fingerprint density at radius 1 is 1.35 bits per heavy atom. The number of nitrogens with zero attached hydrogens (tertiary/aromatic N) is 1. The van der Waals surface area contributed by atoms with Gasteiger partial charge in [-0.05, 0) is 13.0 Å². The standard InChI is InChI=1S/C12H22N2O3/c1-4-11(15)14-7-9(12(16)17-3)6-10(8-14)13-5-2/h9-10,13H,4-8H2,1-3H3. The summed E-state index contributed by atoms with van der Waals surface area (Å²) in [6.45, 7) is 5.88. The van der Waals surface area contributed by atoms with Gasteiger partial charge in [0, 0.05) is 25.6 Å². The predicted octanol–water partition coefficient (Wildman–Crippen LogP) is 0.396. The summed E-state index contributed by atoms with van der Waals surface area (Å²) in [5, 5.41) is 3.30. The molecule has 1 fully saturated rings. The van der Waals surface area contributed by atoms with Crippen molar-refractivity contribution in [1.29, 1.82) is 0 Å². The average Bonchev–Trinajstić information content (AvgIpc) is 2.36. The molecule has 17 heavy (non-hydrogen) atoms. The number of hydrogen-bond acceptors (Lipinski definition) is 4. The van der Waals surface area contributed by atoms with Gasteiger partial charge in [-0.15, -0.1) is 0 Å². The molecule has 1 N–H and O–H groups in total. The third kappa shape index (κ3) is 3.70. The van der Waals surface area contributed by atoms with Crippen LogP contribution in [0, 0.1) is 5.92 Å². The zero-order chi connectivity index (χ0) is 12.8. The summed E-state index contributed by atoms with van der Waals surface area (Å²) < 4.78 is 4.77. The van der Waals surface area contributed by atoms with Crippen molar-refractivity contribution in [3.63, 3.8) is 0 Å². The lowest BCUT2D eigenvalue weighted by molar-refractivity contribution is -0.149. The van der Waals surface area contributed by atoms with E-state index in [1.165, 1.54) is 7.11 Å². The van der Waals surface area contributed by atoms with E-state index in [1.807, 2.05) is 13.8 Å². The van der Waals surface area contributed by atoms with Crippen molar-refractivity contribution >= 4 is 11.9 Å². The van der Waals surface area contributed by atoms with Crippen LogP contribution in [0.25, 0.3) is 0 Å². The quantitative estimate of drug-likeness (QED) is 0.725. The SMILES string of the molecule is CCNC1CC(C(=O)OC)CN(C(=O)CC)C1. The molecule has 98 valence electrons. The first kappa shape index (κ1) is 14.0. The number of rotatable bonds is 4. The number of ether oxygens (including phenoxy) is 1. The van der Waals surface area contributed by atoms with E-state index in [0.717, 1.165) is 13.0 Å². The summed E-state index contributed by atoms with van der Waals surface area (Å²) in [5.41, 5.74) is 0. The molecule has 1 aliphatic heterocycles. The average molecular weight is 242 g/mol. The number of nitrogens with one attached hydrogen (secondary N) is 1. The van der Waals surface area contributed by atoms with Crippen molar-refractivity contribution < 1.29 is 14.3 Å². The number of methoxy groups -OCH3 is 1. The van der Waals surface area contributed by atoms with E-state index in [9.17, 15) is 9.59 Å². The molecule has 0 aromatic heterocycles. The van der Waals surface area contributed by atoms with Gasteiger partial charge in [0.05, 0.1) is 13.0 Å². The van der Waals surface area contributed by atoms with Crippen molar-refractivity contribution in [3.8, 4) is 0 Å². The minimum atomic E-state index is -0.221. The van der Waals surface area contributed by atoms with Gasteiger partial charge in [0.2, 0.25) is 5.91 Å². The molecule has 0 aliphatic carbocycles. The topological polar surface area (TPSA) is 58.6 Å². The van der Waals surface area contributed by atoms with E-state index < -0.39 is 0 Å². The van der Waals surface area contributed by atoms with Gasteiger partial charge in [-0.25, -0.2) is 0 Å². The highest BCUT2D eigenvalue weighted by Crippen LogP contribution is 2.19. The van der Waals surface area contributed by atoms with Gasteiger partial charge in [-0.1, -0.05) is 13.8 Å². The van der Waals surface area contributed by atoms with E-state index in [1.54, 1.807) is 4.90 Å². The van der Waals surface area contributed by atoms with Gasteiger partial charge >= 0.3 is 5.97 Å². The molecule has 5 heteroatoms. The zero-order valence-corrected chi connectivity index (χ0v) is 10.9. The molecule has 5 nitrogen and oxygen atoms in total. The van der Waals surface area contributed by atoms with Crippen LogP contribution in [0.2, 0.25) is 0 Å². The molecule has 2 unspecified atom stereocenters. The van der Waals surface area contributed by atoms with Crippen molar-refractivity contribution in [2.45, 2.75) is 32.7 Å². The van der Waals surface area contributed by atoms with E-state index in [-0.39, 0.29) is 23.8 Å². The molecule has 0 radical (unpaired) electrons. The van der Waals surface area contributed by atoms with Gasteiger partial charge in [0.15, 0.2) is 0 Å². The fourth-order valence-electron chi connectivity index (χ4n) is 2.30. The Morgan fingerprint density at radius 2 is 2.06 bits per heavy atom. The third-order valence-electron chi connectivity index (χ3n) is 3.13. The van der Waals surface area contributed by atoms with Crippen LogP contribution < -0.4 is 5.32 Å². The molecule has 0 bridgehead atoms. The second kappa shape index (κ2) is 6.59. The van der Waals surface area contributed by atoms with E-state index >= 15 is 0 Å². The van der Waals surface area contributed by atoms with Crippen LogP contribution in [0.4, 0.5) is 0 Å². The zero-order valence-electron chi connectivity index (χ0n) is 10.9. The highest BCUT2D eigenvalue weighted by atomic mass is 16.5. The lowest BCUT2D eigenvalue weighted by Gasteiger charge is -2.36. The minimum Gasteiger partial charge on any atom is -0.469 e. The summed E-state index contributed by atoms with van der Waals surface area (Å²) in [4.78, 5) is 25.1. The summed E-state index contributed by atoms with van der Waals surface area (Å²) in [7, 11) is 1.39. The van der Waals surface area contributed by atoms with Crippen LogP contribution in [0.1, 0.15) is 26.7 Å². The Hall–Kier alpha value is -1.10. The highest BCUT2D eigenvalue weighted by molar-refractivity contribution is 5.78. The Bertz CT molecular complexity index is 257. The van der Waals surface area contributed by atoms with Crippen LogP contribution in [-0.2, 0) is 14.3 Å². The van der Waals surface area contributed by atoms with Crippen LogP contribution in [0.5, 0.6) is 0 Å². The minimum absolute atomic E-state index is 0.0986. The molecule has 1 aliphatic rings. The fourth-order valence-corrected chi connectivity index (χ4v) is 2.30. The van der Waals surface area contributed by atoms with Gasteiger partial charge in [0.25, 0.3) is 0 Å². The number of carbonyl (C=O) groups is 2. The Labute approximate surface area is 102 Å². The number of carbonyl (C=O) groups excluding carboxylic acids is 2. The molecule has 1 heterocycles. The summed E-state index contributed by atoms with van der Waals surface area (Å²) in [6, 6.07) is 0.188. The largest absolute Gasteiger partial charge is 0.469 e. The summed E-state index contributed by atoms with van der Waals surface area (Å²) in [6.07, 6.45) is 1.22. The van der Waals surface area contributed by atoms with Gasteiger partial charge in [0.1, 0.15) is 0 Å². The Balaban J connectivity index is 2.68. The first-order valence-corrected chi connectivity index (χ1v) is 6.21. The monoisotopic (exact) mass is 242 g/mol. The molecule has 0 aromatic carbocycles. The first-order valence-electron chi connectivity index (χ1n) is 6.21. The molecular weight excluding hydrogens is 220 g/mol. The highest BCUT2D eigenvalue weighted by Gasteiger charge is 2.33. The molecule has 0 saturated carbocycles. The molecule has 1 rings (SSSR count). The van der Waals surface area contributed by atoms with Gasteiger partial charge in [-0.3, -0.25) is 9.59 Å². The number of likely N-dealkylation sites (N-methyl/N-ethyl adjacent to an activating group) is 1. The van der Waals surface area contributed by atoms with Crippen LogP contribution >= 0.6 is 0 Å². The fraction of sp³-hybridized carbons (Fsp3) is 0.833. The normalized spacial score (nSPS) is 24.5. The first-order chi connectivity index (χ1) is 8.12. The summed E-state index contributed by atoms with van der Waals surface area (Å²) >= 11 is 0. The number of amides is 1. The maximum atomic E-state index is 11.7. The molecule has 0 aromatic rings. The van der Waals surface area contributed by atoms with E-state index in [4.69, 9.17) is 4.74 Å². The van der Waals surface area contributed by atoms with Gasteiger partial charge in [-0.2, -0.15) is 0 Å². The smallest absolute Gasteiger partial charge is 0.310 e. The van der Waals surface area contributed by atoms with Crippen molar-refractivity contribution in [2.75, 3.05) is 26.7 Å². The van der Waals surface area contributed by atoms with E-state index in [2.05, 4.69) is 5.32 Å². The van der Waals surface area contributed by atoms with Crippen LogP contribution in [0.3, 0.4) is 0 Å². The maximum absolute atomic E-state index is 11.7. The number of likely N-dealkylation sites (tertiary alicyclic amines) is 1. The van der Waals surface area contributed by atoms with Crippen LogP contribution in [-0.4, -0.2) is 49.6 Å². The van der Waals surface area contributed by atoms with Crippen LogP contribution in [0.15, 0.2) is 0 Å². The lowest BCUT2D eigenvalue weighted by Crippen LogP contribution is -2.52. The van der Waals surface area contributed by atoms with Crippen molar-refractivity contribution in [1.82, 2.24) is 10.2 Å². The third-order valence-corrected chi connectivity index (χ3v) is 3.13. The summed E-state index contributed by atoms with van der Waals surface area (Å²) in [5.74, 6) is -0.323. The Kier molecular flexibility index (Phi) is 5.41. The Morgan fingerprint density at radius 3 is 2.59 bits per heavy atom. The van der Waals surface area contributed by atoms with E-state index in [0.29, 0.717) is 19.5 Å². The molecular formula is C12H22N2O3. The van der Waals surface area contributed by atoms with Gasteiger partial charge < -0.3 is 15.0 Å². The second-order valence-electron chi connectivity index (χ2n) is 4.36. The molecule has 0 spiro atoms. The second-order valence-corrected chi connectivity index (χ2v) is 4.36. The number of piperidine rings is 1.